The molecule has 1 atom stereocenters. The number of hydrogen-bond donors (Lipinski definition) is 4. The molecule has 5 N–H and O–H groups in total. The average Bonchev–Trinajstić information content (AvgIpc) is 2.52. The number of anilines is 1. The van der Waals surface area contributed by atoms with Gasteiger partial charge in [0.25, 0.3) is 0 Å². The summed E-state index contributed by atoms with van der Waals surface area (Å²) in [6.45, 7) is -0.250. The number of furan rings is 1. The molecular weight excluding hydrogens is 188 g/mol. The second-order valence-electron chi connectivity index (χ2n) is 2.76. The van der Waals surface area contributed by atoms with Crippen LogP contribution in [0.2, 0.25) is 0 Å². The zero-order chi connectivity index (χ0) is 10.6. The molecule has 0 aliphatic heterocycles. The van der Waals surface area contributed by atoms with E-state index in [-0.39, 0.29) is 12.4 Å². The first-order valence-corrected chi connectivity index (χ1v) is 4.04. The monoisotopic (exact) mass is 200 g/mol. The minimum Gasteiger partial charge on any atom is -0.480 e. The Balaban J connectivity index is 2.43. The molecule has 1 aromatic rings. The van der Waals surface area contributed by atoms with E-state index >= 15 is 0 Å². The van der Waals surface area contributed by atoms with Crippen molar-refractivity contribution in [3.05, 3.63) is 17.9 Å². The minimum absolute atomic E-state index is 0.217. The first-order chi connectivity index (χ1) is 6.63. The van der Waals surface area contributed by atoms with Crippen LogP contribution in [0.1, 0.15) is 5.76 Å². The summed E-state index contributed by atoms with van der Waals surface area (Å²) in [4.78, 5) is 10.5. The van der Waals surface area contributed by atoms with E-state index in [4.69, 9.17) is 20.4 Å². The summed E-state index contributed by atoms with van der Waals surface area (Å²) < 4.78 is 5.00. The first kappa shape index (κ1) is 10.6. The number of aliphatic carboxylic acids is 1. The Morgan fingerprint density at radius 3 is 2.79 bits per heavy atom. The molecule has 14 heavy (non-hydrogen) atoms. The Labute approximate surface area is 80.3 Å². The summed E-state index contributed by atoms with van der Waals surface area (Å²) in [5.74, 6) is -0.299. The zero-order valence-corrected chi connectivity index (χ0v) is 7.43. The van der Waals surface area contributed by atoms with E-state index in [1.165, 1.54) is 0 Å². The molecule has 6 heteroatoms. The summed E-state index contributed by atoms with van der Waals surface area (Å²) >= 11 is 0. The number of carboxylic acid groups (broad SMARTS) is 1. The van der Waals surface area contributed by atoms with Crippen molar-refractivity contribution in [2.24, 2.45) is 0 Å². The van der Waals surface area contributed by atoms with E-state index in [2.05, 4.69) is 5.32 Å². The van der Waals surface area contributed by atoms with Crippen molar-refractivity contribution in [3.63, 3.8) is 0 Å². The van der Waals surface area contributed by atoms with Gasteiger partial charge >= 0.3 is 5.97 Å². The fourth-order valence-corrected chi connectivity index (χ4v) is 0.943. The highest BCUT2D eigenvalue weighted by atomic mass is 16.4. The summed E-state index contributed by atoms with van der Waals surface area (Å²) in [6.07, 6.45) is 0. The van der Waals surface area contributed by atoms with E-state index in [9.17, 15) is 4.79 Å². The number of nitrogen functional groups attached to an aromatic ring is 1. The molecule has 6 nitrogen and oxygen atoms in total. The highest BCUT2D eigenvalue weighted by Gasteiger charge is 2.15. The summed E-state index contributed by atoms with van der Waals surface area (Å²) in [7, 11) is 0. The summed E-state index contributed by atoms with van der Waals surface area (Å²) in [5.41, 5.74) is 5.32. The molecule has 78 valence electrons. The number of aliphatic hydroxyl groups excluding tert-OH is 1. The quantitative estimate of drug-likeness (QED) is 0.505. The lowest BCUT2D eigenvalue weighted by Crippen LogP contribution is -2.39. The molecule has 0 bridgehead atoms. The highest BCUT2D eigenvalue weighted by molar-refractivity contribution is 5.73. The van der Waals surface area contributed by atoms with Gasteiger partial charge < -0.3 is 20.4 Å². The van der Waals surface area contributed by atoms with Gasteiger partial charge in [-0.15, -0.1) is 0 Å². The maximum Gasteiger partial charge on any atom is 0.323 e. The van der Waals surface area contributed by atoms with E-state index in [1.807, 2.05) is 0 Å². The van der Waals surface area contributed by atoms with E-state index < -0.39 is 18.6 Å². The van der Waals surface area contributed by atoms with Crippen molar-refractivity contribution in [3.8, 4) is 0 Å². The van der Waals surface area contributed by atoms with Crippen LogP contribution >= 0.6 is 0 Å². The van der Waals surface area contributed by atoms with Crippen LogP contribution in [0.4, 0.5) is 5.88 Å². The molecule has 0 radical (unpaired) electrons. The third-order valence-electron chi connectivity index (χ3n) is 1.69. The lowest BCUT2D eigenvalue weighted by Gasteiger charge is -2.09. The van der Waals surface area contributed by atoms with Gasteiger partial charge in [0.1, 0.15) is 11.8 Å². The molecule has 0 spiro atoms. The maximum atomic E-state index is 10.5. The normalized spacial score (nSPS) is 12.6. The lowest BCUT2D eigenvalue weighted by atomic mass is 10.3. The number of hydrogen-bond acceptors (Lipinski definition) is 5. The fourth-order valence-electron chi connectivity index (χ4n) is 0.943. The van der Waals surface area contributed by atoms with E-state index in [1.54, 1.807) is 12.1 Å². The first-order valence-electron chi connectivity index (χ1n) is 4.04. The predicted octanol–water partition coefficient (Wildman–Crippen LogP) is -0.603. The van der Waals surface area contributed by atoms with Crippen LogP contribution in [-0.4, -0.2) is 28.8 Å². The molecule has 0 amide bonds. The number of nitrogens with one attached hydrogen (secondary N) is 1. The van der Waals surface area contributed by atoms with Crippen LogP contribution in [-0.2, 0) is 11.3 Å². The van der Waals surface area contributed by atoms with Gasteiger partial charge in [-0.25, -0.2) is 0 Å². The van der Waals surface area contributed by atoms with Gasteiger partial charge in [0, 0.05) is 6.07 Å². The van der Waals surface area contributed by atoms with Gasteiger partial charge in [-0.3, -0.25) is 10.1 Å². The molecule has 1 heterocycles. The Kier molecular flexibility index (Phi) is 3.49. The van der Waals surface area contributed by atoms with Crippen molar-refractivity contribution < 1.29 is 19.4 Å². The van der Waals surface area contributed by atoms with Crippen molar-refractivity contribution >= 4 is 11.9 Å². The standard InChI is InChI=1S/C8H12N2O4/c9-7-2-1-5(14-7)3-10-6(4-11)8(12)13/h1-2,6,10-11H,3-4,9H2,(H,12,13). The van der Waals surface area contributed by atoms with Crippen LogP contribution in [0.3, 0.4) is 0 Å². The number of carbonyl (C=O) groups is 1. The number of rotatable bonds is 5. The van der Waals surface area contributed by atoms with Gasteiger partial charge in [-0.05, 0) is 6.07 Å². The van der Waals surface area contributed by atoms with Crippen molar-refractivity contribution in [1.82, 2.24) is 5.32 Å². The Bertz CT molecular complexity index is 310. The van der Waals surface area contributed by atoms with Crippen LogP contribution in [0.25, 0.3) is 0 Å². The third kappa shape index (κ3) is 2.75. The third-order valence-corrected chi connectivity index (χ3v) is 1.69. The smallest absolute Gasteiger partial charge is 0.323 e. The lowest BCUT2D eigenvalue weighted by molar-refractivity contribution is -0.140. The maximum absolute atomic E-state index is 10.5. The van der Waals surface area contributed by atoms with Crippen molar-refractivity contribution in [1.29, 1.82) is 0 Å². The van der Waals surface area contributed by atoms with Gasteiger partial charge in [0.05, 0.1) is 13.2 Å². The van der Waals surface area contributed by atoms with Crippen LogP contribution in [0.15, 0.2) is 16.5 Å². The average molecular weight is 200 g/mol. The van der Waals surface area contributed by atoms with E-state index in [0.29, 0.717) is 5.76 Å². The Morgan fingerprint density at radius 2 is 2.36 bits per heavy atom. The second kappa shape index (κ2) is 4.64. The van der Waals surface area contributed by atoms with Gasteiger partial charge in [0.15, 0.2) is 5.88 Å². The molecule has 0 saturated heterocycles. The molecule has 0 saturated carbocycles. The molecule has 0 aromatic carbocycles. The van der Waals surface area contributed by atoms with Crippen LogP contribution < -0.4 is 11.1 Å². The Morgan fingerprint density at radius 1 is 1.64 bits per heavy atom. The molecule has 1 rings (SSSR count). The summed E-state index contributed by atoms with van der Waals surface area (Å²) in [5, 5.41) is 19.9. The van der Waals surface area contributed by atoms with Crippen LogP contribution in [0, 0.1) is 0 Å². The zero-order valence-electron chi connectivity index (χ0n) is 7.43. The van der Waals surface area contributed by atoms with E-state index in [0.717, 1.165) is 0 Å². The molecule has 1 aromatic heterocycles. The second-order valence-corrected chi connectivity index (χ2v) is 2.76. The predicted molar refractivity (Wildman–Crippen MR) is 48.5 cm³/mol. The number of nitrogens with two attached hydrogens (primary N) is 1. The van der Waals surface area contributed by atoms with Gasteiger partial charge in [-0.2, -0.15) is 0 Å². The molecule has 1 unspecified atom stereocenters. The van der Waals surface area contributed by atoms with Crippen molar-refractivity contribution in [2.45, 2.75) is 12.6 Å². The van der Waals surface area contributed by atoms with Gasteiger partial charge in [-0.1, -0.05) is 0 Å². The van der Waals surface area contributed by atoms with Crippen LogP contribution in [0.5, 0.6) is 0 Å². The molecule has 0 fully saturated rings. The Hall–Kier alpha value is -1.53. The SMILES string of the molecule is Nc1ccc(CNC(CO)C(=O)O)o1. The largest absolute Gasteiger partial charge is 0.480 e. The molecular formula is C8H12N2O4. The minimum atomic E-state index is -1.10. The van der Waals surface area contributed by atoms with Crippen molar-refractivity contribution in [2.75, 3.05) is 12.3 Å². The summed E-state index contributed by atoms with van der Waals surface area (Å²) in [6, 6.07) is 2.23. The highest BCUT2D eigenvalue weighted by Crippen LogP contribution is 2.08. The molecule has 0 aliphatic rings. The van der Waals surface area contributed by atoms with Gasteiger partial charge in [0.2, 0.25) is 0 Å². The number of aliphatic hydroxyl groups is 1. The topological polar surface area (TPSA) is 109 Å². The molecule has 0 aliphatic carbocycles. The fraction of sp³-hybridized carbons (Fsp3) is 0.375. The number of carboxylic acids is 1.